The molecule has 2 aliphatic rings. The average Bonchev–Trinajstić information content (AvgIpc) is 3.05. The van der Waals surface area contributed by atoms with Gasteiger partial charge in [-0.3, -0.25) is 4.90 Å². The predicted molar refractivity (Wildman–Crippen MR) is 76.8 cm³/mol. The molecule has 1 saturated heterocycles. The molecular weight excluding hydrogens is 236 g/mol. The number of piperidine rings is 1. The minimum Gasteiger partial charge on any atom is -0.380 e. The molecule has 3 atom stereocenters. The van der Waals surface area contributed by atoms with E-state index in [0.717, 1.165) is 12.0 Å². The molecule has 0 spiro atoms. The Kier molecular flexibility index (Phi) is 3.87. The van der Waals surface area contributed by atoms with E-state index in [1.165, 1.54) is 36.9 Å². The van der Waals surface area contributed by atoms with Crippen LogP contribution >= 0.6 is 0 Å². The number of hydrogen-bond donors (Lipinski definition) is 1. The maximum atomic E-state index is 6.05. The first-order chi connectivity index (χ1) is 9.31. The summed E-state index contributed by atoms with van der Waals surface area (Å²) >= 11 is 0. The summed E-state index contributed by atoms with van der Waals surface area (Å²) in [4.78, 5) is 2.64. The first-order valence-electron chi connectivity index (χ1n) is 7.35. The largest absolute Gasteiger partial charge is 0.380 e. The van der Waals surface area contributed by atoms with Gasteiger partial charge in [-0.25, -0.2) is 0 Å². The van der Waals surface area contributed by atoms with Crippen LogP contribution in [0.3, 0.4) is 0 Å². The number of nitrogens with zero attached hydrogens (tertiary/aromatic N) is 1. The molecule has 0 aromatic heterocycles. The van der Waals surface area contributed by atoms with Crippen LogP contribution in [0.25, 0.3) is 0 Å². The van der Waals surface area contributed by atoms with Crippen molar-refractivity contribution in [2.24, 2.45) is 11.7 Å². The van der Waals surface area contributed by atoms with Gasteiger partial charge in [-0.05, 0) is 36.3 Å². The lowest BCUT2D eigenvalue weighted by Gasteiger charge is -2.34. The van der Waals surface area contributed by atoms with Crippen LogP contribution in [0.4, 0.5) is 0 Å². The Balaban J connectivity index is 1.74. The van der Waals surface area contributed by atoms with Gasteiger partial charge in [0.2, 0.25) is 0 Å². The topological polar surface area (TPSA) is 38.5 Å². The van der Waals surface area contributed by atoms with Gasteiger partial charge in [0.15, 0.2) is 0 Å². The van der Waals surface area contributed by atoms with Gasteiger partial charge in [0.1, 0.15) is 0 Å². The van der Waals surface area contributed by atoms with E-state index in [-0.39, 0.29) is 0 Å². The van der Waals surface area contributed by atoms with Crippen molar-refractivity contribution in [1.29, 1.82) is 0 Å². The van der Waals surface area contributed by atoms with Crippen LogP contribution < -0.4 is 5.73 Å². The number of hydrogen-bond acceptors (Lipinski definition) is 3. The van der Waals surface area contributed by atoms with E-state index in [0.29, 0.717) is 19.2 Å². The third-order valence-electron chi connectivity index (χ3n) is 4.75. The highest BCUT2D eigenvalue weighted by Crippen LogP contribution is 2.41. The molecular formula is C16H24N2O. The number of benzene rings is 1. The number of likely N-dealkylation sites (tertiary alicyclic amines) is 1. The van der Waals surface area contributed by atoms with Crippen molar-refractivity contribution in [3.05, 3.63) is 35.4 Å². The lowest BCUT2D eigenvalue weighted by Crippen LogP contribution is -2.39. The van der Waals surface area contributed by atoms with Gasteiger partial charge in [0, 0.05) is 32.3 Å². The zero-order valence-corrected chi connectivity index (χ0v) is 11.7. The van der Waals surface area contributed by atoms with Gasteiger partial charge in [0.05, 0.1) is 6.61 Å². The zero-order chi connectivity index (χ0) is 13.2. The lowest BCUT2D eigenvalue weighted by atomic mass is 10.0. The fourth-order valence-electron chi connectivity index (χ4n) is 3.81. The van der Waals surface area contributed by atoms with Crippen LogP contribution in [0.1, 0.15) is 36.4 Å². The predicted octanol–water partition coefficient (Wildman–Crippen LogP) is 2.32. The Labute approximate surface area is 115 Å². The third kappa shape index (κ3) is 2.55. The quantitative estimate of drug-likeness (QED) is 0.883. The Morgan fingerprint density at radius 2 is 2.11 bits per heavy atom. The summed E-state index contributed by atoms with van der Waals surface area (Å²) in [5.41, 5.74) is 8.63. The van der Waals surface area contributed by atoms with E-state index in [4.69, 9.17) is 10.5 Å². The van der Waals surface area contributed by atoms with Crippen molar-refractivity contribution in [3.63, 3.8) is 0 Å². The smallest absolute Gasteiger partial charge is 0.0713 e. The minimum absolute atomic E-state index is 0.395. The molecule has 1 aliphatic heterocycles. The fraction of sp³-hybridized carbons (Fsp3) is 0.625. The molecule has 2 N–H and O–H groups in total. The number of nitrogens with two attached hydrogens (primary N) is 1. The summed E-state index contributed by atoms with van der Waals surface area (Å²) in [6.45, 7) is 2.64. The molecule has 104 valence electrons. The number of fused-ring (bicyclic) bond motifs is 2. The summed E-state index contributed by atoms with van der Waals surface area (Å²) in [7, 11) is 1.73. The fourth-order valence-corrected chi connectivity index (χ4v) is 3.81. The van der Waals surface area contributed by atoms with Crippen molar-refractivity contribution in [3.8, 4) is 0 Å². The van der Waals surface area contributed by atoms with Crippen molar-refractivity contribution in [2.75, 3.05) is 20.2 Å². The molecule has 3 unspecified atom stereocenters. The first-order valence-corrected chi connectivity index (χ1v) is 7.35. The van der Waals surface area contributed by atoms with Crippen LogP contribution in [-0.2, 0) is 11.3 Å². The van der Waals surface area contributed by atoms with Gasteiger partial charge in [-0.15, -0.1) is 0 Å². The van der Waals surface area contributed by atoms with Crippen LogP contribution in [0.5, 0.6) is 0 Å². The summed E-state index contributed by atoms with van der Waals surface area (Å²) < 4.78 is 5.16. The van der Waals surface area contributed by atoms with Gasteiger partial charge in [-0.2, -0.15) is 0 Å². The first kappa shape index (κ1) is 13.1. The van der Waals surface area contributed by atoms with Crippen molar-refractivity contribution in [2.45, 2.75) is 38.0 Å². The molecule has 1 aliphatic carbocycles. The molecule has 2 bridgehead atoms. The van der Waals surface area contributed by atoms with E-state index in [9.17, 15) is 0 Å². The molecule has 2 fully saturated rings. The Hall–Kier alpha value is -0.900. The summed E-state index contributed by atoms with van der Waals surface area (Å²) in [5, 5.41) is 0. The summed E-state index contributed by atoms with van der Waals surface area (Å²) in [6.07, 6.45) is 4.17. The SMILES string of the molecule is COCc1ccc(C(CN)N2CC3CCC2C3)cc1. The van der Waals surface area contributed by atoms with Gasteiger partial charge < -0.3 is 10.5 Å². The monoisotopic (exact) mass is 260 g/mol. The molecule has 3 nitrogen and oxygen atoms in total. The van der Waals surface area contributed by atoms with Crippen molar-refractivity contribution < 1.29 is 4.74 Å². The minimum atomic E-state index is 0.395. The number of methoxy groups -OCH3 is 1. The highest BCUT2D eigenvalue weighted by atomic mass is 16.5. The van der Waals surface area contributed by atoms with Gasteiger partial charge in [0.25, 0.3) is 0 Å². The normalized spacial score (nSPS) is 27.9. The van der Waals surface area contributed by atoms with Crippen LogP contribution in [0.2, 0.25) is 0 Å². The molecule has 19 heavy (non-hydrogen) atoms. The van der Waals surface area contributed by atoms with E-state index < -0.39 is 0 Å². The molecule has 0 radical (unpaired) electrons. The highest BCUT2D eigenvalue weighted by Gasteiger charge is 2.40. The molecule has 1 aromatic carbocycles. The number of rotatable bonds is 5. The van der Waals surface area contributed by atoms with Gasteiger partial charge >= 0.3 is 0 Å². The van der Waals surface area contributed by atoms with Crippen molar-refractivity contribution >= 4 is 0 Å². The third-order valence-corrected chi connectivity index (χ3v) is 4.75. The molecule has 1 saturated carbocycles. The standard InChI is InChI=1S/C16H24N2O/c1-19-11-12-2-5-14(6-3-12)16(9-17)18-10-13-4-7-15(18)8-13/h2-3,5-6,13,15-16H,4,7-11,17H2,1H3. The molecule has 3 rings (SSSR count). The second-order valence-corrected chi connectivity index (χ2v) is 5.96. The highest BCUT2D eigenvalue weighted by molar-refractivity contribution is 5.25. The molecule has 0 amide bonds. The summed E-state index contributed by atoms with van der Waals surface area (Å²) in [5.74, 6) is 0.923. The maximum absolute atomic E-state index is 6.05. The van der Waals surface area contributed by atoms with E-state index in [2.05, 4.69) is 29.2 Å². The average molecular weight is 260 g/mol. The molecule has 1 aromatic rings. The lowest BCUT2D eigenvalue weighted by molar-refractivity contribution is 0.153. The van der Waals surface area contributed by atoms with Crippen LogP contribution in [-0.4, -0.2) is 31.1 Å². The molecule has 3 heteroatoms. The van der Waals surface area contributed by atoms with E-state index in [1.54, 1.807) is 7.11 Å². The second-order valence-electron chi connectivity index (χ2n) is 5.96. The van der Waals surface area contributed by atoms with E-state index >= 15 is 0 Å². The maximum Gasteiger partial charge on any atom is 0.0713 e. The summed E-state index contributed by atoms with van der Waals surface area (Å²) in [6, 6.07) is 9.94. The Bertz CT molecular complexity index is 417. The van der Waals surface area contributed by atoms with E-state index in [1.807, 2.05) is 0 Å². The van der Waals surface area contributed by atoms with Crippen molar-refractivity contribution in [1.82, 2.24) is 4.90 Å². The molecule has 1 heterocycles. The van der Waals surface area contributed by atoms with Crippen LogP contribution in [0.15, 0.2) is 24.3 Å². The van der Waals surface area contributed by atoms with Crippen LogP contribution in [0, 0.1) is 5.92 Å². The number of ether oxygens (including phenoxy) is 1. The van der Waals surface area contributed by atoms with Gasteiger partial charge in [-0.1, -0.05) is 24.3 Å². The second kappa shape index (κ2) is 5.61. The zero-order valence-electron chi connectivity index (χ0n) is 11.7. The Morgan fingerprint density at radius 3 is 2.63 bits per heavy atom. The Morgan fingerprint density at radius 1 is 1.32 bits per heavy atom.